The van der Waals surface area contributed by atoms with Gasteiger partial charge in [0.25, 0.3) is 5.91 Å². The van der Waals surface area contributed by atoms with Crippen LogP contribution < -0.4 is 5.32 Å². The van der Waals surface area contributed by atoms with E-state index in [9.17, 15) is 4.79 Å². The Labute approximate surface area is 132 Å². The third-order valence-electron chi connectivity index (χ3n) is 3.50. The molecule has 0 unspecified atom stereocenters. The minimum absolute atomic E-state index is 0.236. The average molecular weight is 303 g/mol. The molecule has 4 rings (SSSR count). The topological polar surface area (TPSA) is 64.2 Å². The van der Waals surface area contributed by atoms with Crippen LogP contribution in [0.5, 0.6) is 0 Å². The summed E-state index contributed by atoms with van der Waals surface area (Å²) in [6.45, 7) is 0. The van der Waals surface area contributed by atoms with Gasteiger partial charge < -0.3 is 5.32 Å². The zero-order valence-corrected chi connectivity index (χ0v) is 12.1. The number of nitrogens with zero attached hydrogens (tertiary/aromatic N) is 4. The molecule has 3 aromatic heterocycles. The summed E-state index contributed by atoms with van der Waals surface area (Å²) < 4.78 is 3.43. The Bertz CT molecular complexity index is 921. The summed E-state index contributed by atoms with van der Waals surface area (Å²) >= 11 is 0. The van der Waals surface area contributed by atoms with E-state index < -0.39 is 0 Å². The minimum Gasteiger partial charge on any atom is -0.321 e. The highest BCUT2D eigenvalue weighted by Gasteiger charge is 2.11. The Hall–Kier alpha value is -3.41. The lowest BCUT2D eigenvalue weighted by atomic mass is 10.2. The summed E-state index contributed by atoms with van der Waals surface area (Å²) in [6.07, 6.45) is 5.40. The van der Waals surface area contributed by atoms with Gasteiger partial charge in [-0.2, -0.15) is 10.2 Å². The zero-order chi connectivity index (χ0) is 15.6. The second-order valence-electron chi connectivity index (χ2n) is 5.05. The van der Waals surface area contributed by atoms with Gasteiger partial charge in [0.2, 0.25) is 0 Å². The van der Waals surface area contributed by atoms with Crippen molar-refractivity contribution in [1.29, 1.82) is 0 Å². The number of anilines is 1. The van der Waals surface area contributed by atoms with Crippen molar-refractivity contribution in [3.05, 3.63) is 78.9 Å². The Morgan fingerprint density at radius 1 is 1.00 bits per heavy atom. The lowest BCUT2D eigenvalue weighted by Crippen LogP contribution is -2.12. The van der Waals surface area contributed by atoms with Gasteiger partial charge in [0.15, 0.2) is 5.69 Å². The zero-order valence-electron chi connectivity index (χ0n) is 12.1. The summed E-state index contributed by atoms with van der Waals surface area (Å²) in [5.41, 5.74) is 2.91. The number of aromatic nitrogens is 4. The van der Waals surface area contributed by atoms with Crippen LogP contribution in [0, 0.1) is 0 Å². The maximum atomic E-state index is 12.3. The molecule has 112 valence electrons. The number of benzene rings is 1. The SMILES string of the molecule is O=C(Nc1ccc(-n2cccn2)cc1)c1cc2ccccn2n1. The number of carbonyl (C=O) groups is 1. The Kier molecular flexibility index (Phi) is 3.12. The van der Waals surface area contributed by atoms with Crippen LogP contribution >= 0.6 is 0 Å². The van der Waals surface area contributed by atoms with Crippen LogP contribution in [-0.4, -0.2) is 25.3 Å². The van der Waals surface area contributed by atoms with Gasteiger partial charge in [-0.05, 0) is 48.5 Å². The summed E-state index contributed by atoms with van der Waals surface area (Å²) in [7, 11) is 0. The van der Waals surface area contributed by atoms with Crippen LogP contribution in [0.3, 0.4) is 0 Å². The van der Waals surface area contributed by atoms with Gasteiger partial charge in [-0.1, -0.05) is 6.07 Å². The normalized spacial score (nSPS) is 10.8. The molecule has 0 aliphatic carbocycles. The monoisotopic (exact) mass is 303 g/mol. The van der Waals surface area contributed by atoms with E-state index in [2.05, 4.69) is 15.5 Å². The van der Waals surface area contributed by atoms with Crippen molar-refractivity contribution >= 4 is 17.1 Å². The van der Waals surface area contributed by atoms with Crippen LogP contribution in [0.4, 0.5) is 5.69 Å². The molecule has 4 aromatic rings. The Morgan fingerprint density at radius 2 is 1.87 bits per heavy atom. The first-order valence-corrected chi connectivity index (χ1v) is 7.15. The van der Waals surface area contributed by atoms with Crippen molar-refractivity contribution in [1.82, 2.24) is 19.4 Å². The van der Waals surface area contributed by atoms with Gasteiger partial charge in [-0.15, -0.1) is 0 Å². The van der Waals surface area contributed by atoms with Gasteiger partial charge in [0.1, 0.15) is 0 Å². The standard InChI is InChI=1S/C17H13N5O/c23-17(16-12-15-4-1-2-10-22(15)20-16)19-13-5-7-14(8-6-13)21-11-3-9-18-21/h1-12H,(H,19,23). The van der Waals surface area contributed by atoms with E-state index in [1.54, 1.807) is 21.5 Å². The van der Waals surface area contributed by atoms with Crippen LogP contribution in [0.1, 0.15) is 10.5 Å². The van der Waals surface area contributed by atoms with Crippen LogP contribution in [0.2, 0.25) is 0 Å². The number of carbonyl (C=O) groups excluding carboxylic acids is 1. The molecule has 0 aliphatic heterocycles. The van der Waals surface area contributed by atoms with Crippen LogP contribution in [0.25, 0.3) is 11.2 Å². The van der Waals surface area contributed by atoms with Crippen LogP contribution in [-0.2, 0) is 0 Å². The first-order valence-electron chi connectivity index (χ1n) is 7.15. The fourth-order valence-corrected chi connectivity index (χ4v) is 2.36. The molecule has 0 aliphatic rings. The molecular weight excluding hydrogens is 290 g/mol. The second-order valence-corrected chi connectivity index (χ2v) is 5.05. The molecular formula is C17H13N5O. The molecule has 0 saturated carbocycles. The van der Waals surface area contributed by atoms with E-state index in [0.717, 1.165) is 11.2 Å². The quantitative estimate of drug-likeness (QED) is 0.633. The molecule has 3 heterocycles. The average Bonchev–Trinajstić information content (AvgIpc) is 3.25. The van der Waals surface area contributed by atoms with Crippen molar-refractivity contribution in [2.24, 2.45) is 0 Å². The fourth-order valence-electron chi connectivity index (χ4n) is 2.36. The highest BCUT2D eigenvalue weighted by Crippen LogP contribution is 2.14. The number of fused-ring (bicyclic) bond motifs is 1. The van der Waals surface area contributed by atoms with Gasteiger partial charge >= 0.3 is 0 Å². The summed E-state index contributed by atoms with van der Waals surface area (Å²) in [5.74, 6) is -0.236. The number of amides is 1. The van der Waals surface area contributed by atoms with E-state index >= 15 is 0 Å². The molecule has 6 heteroatoms. The Morgan fingerprint density at radius 3 is 2.61 bits per heavy atom. The van der Waals surface area contributed by atoms with E-state index in [1.165, 1.54) is 0 Å². The summed E-state index contributed by atoms with van der Waals surface area (Å²) in [5, 5.41) is 11.3. The van der Waals surface area contributed by atoms with Gasteiger partial charge in [0, 0.05) is 24.3 Å². The minimum atomic E-state index is -0.236. The maximum Gasteiger partial charge on any atom is 0.276 e. The van der Waals surface area contributed by atoms with E-state index in [4.69, 9.17) is 0 Å². The first kappa shape index (κ1) is 13.3. The maximum absolute atomic E-state index is 12.3. The smallest absolute Gasteiger partial charge is 0.276 e. The first-order chi connectivity index (χ1) is 11.3. The number of hydrogen-bond acceptors (Lipinski definition) is 3. The molecule has 6 nitrogen and oxygen atoms in total. The van der Waals surface area contributed by atoms with Gasteiger partial charge in [0.05, 0.1) is 11.2 Å². The summed E-state index contributed by atoms with van der Waals surface area (Å²) in [6, 6.07) is 16.8. The molecule has 1 aromatic carbocycles. The lowest BCUT2D eigenvalue weighted by Gasteiger charge is -2.05. The molecule has 0 bridgehead atoms. The fraction of sp³-hybridized carbons (Fsp3) is 0. The third-order valence-corrected chi connectivity index (χ3v) is 3.50. The Balaban J connectivity index is 1.54. The van der Waals surface area contributed by atoms with Crippen molar-refractivity contribution < 1.29 is 4.79 Å². The van der Waals surface area contributed by atoms with Gasteiger partial charge in [-0.3, -0.25) is 4.79 Å². The predicted molar refractivity (Wildman–Crippen MR) is 86.7 cm³/mol. The third kappa shape index (κ3) is 2.57. The number of rotatable bonds is 3. The molecule has 0 fully saturated rings. The molecule has 1 N–H and O–H groups in total. The molecule has 0 saturated heterocycles. The largest absolute Gasteiger partial charge is 0.321 e. The van der Waals surface area contributed by atoms with Gasteiger partial charge in [-0.25, -0.2) is 9.20 Å². The van der Waals surface area contributed by atoms with Crippen molar-refractivity contribution in [3.63, 3.8) is 0 Å². The molecule has 1 amide bonds. The molecule has 23 heavy (non-hydrogen) atoms. The molecule has 0 spiro atoms. The van der Waals surface area contributed by atoms with Crippen molar-refractivity contribution in [2.75, 3.05) is 5.32 Å². The van der Waals surface area contributed by atoms with E-state index in [0.29, 0.717) is 11.4 Å². The molecule has 0 radical (unpaired) electrons. The van der Waals surface area contributed by atoms with Crippen LogP contribution in [0.15, 0.2) is 73.2 Å². The number of pyridine rings is 1. The van der Waals surface area contributed by atoms with Crippen molar-refractivity contribution in [3.8, 4) is 5.69 Å². The molecule has 0 atom stereocenters. The predicted octanol–water partition coefficient (Wildman–Crippen LogP) is 2.77. The number of hydrogen-bond donors (Lipinski definition) is 1. The van der Waals surface area contributed by atoms with Crippen molar-refractivity contribution in [2.45, 2.75) is 0 Å². The lowest BCUT2D eigenvalue weighted by molar-refractivity contribution is 0.102. The highest BCUT2D eigenvalue weighted by atomic mass is 16.1. The number of nitrogens with one attached hydrogen (secondary N) is 1. The highest BCUT2D eigenvalue weighted by molar-refractivity contribution is 6.03. The van der Waals surface area contributed by atoms with E-state index in [1.807, 2.05) is 60.9 Å². The summed E-state index contributed by atoms with van der Waals surface area (Å²) in [4.78, 5) is 12.3. The second kappa shape index (κ2) is 5.42. The van der Waals surface area contributed by atoms with E-state index in [-0.39, 0.29) is 5.91 Å².